The van der Waals surface area contributed by atoms with E-state index >= 15 is 0 Å². The van der Waals surface area contributed by atoms with Crippen LogP contribution in [0, 0.1) is 5.92 Å². The van der Waals surface area contributed by atoms with Crippen molar-refractivity contribution in [3.05, 3.63) is 29.8 Å². The molecule has 0 aliphatic carbocycles. The van der Waals surface area contributed by atoms with Crippen LogP contribution in [0.1, 0.15) is 19.4 Å². The number of nitrogens with zero attached hydrogens (tertiary/aromatic N) is 1. The van der Waals surface area contributed by atoms with E-state index in [0.29, 0.717) is 6.54 Å². The Bertz CT molecular complexity index is 359. The number of carbonyl (C=O) groups is 1. The Morgan fingerprint density at radius 2 is 2.06 bits per heavy atom. The monoisotopic (exact) mass is 220 g/mol. The summed E-state index contributed by atoms with van der Waals surface area (Å²) in [5.41, 5.74) is 2.27. The summed E-state index contributed by atoms with van der Waals surface area (Å²) in [6.45, 7) is 4.38. The average Bonchev–Trinajstić information content (AvgIpc) is 2.26. The largest absolute Gasteiger partial charge is 0.378 e. The zero-order valence-electron chi connectivity index (χ0n) is 10.4. The lowest BCUT2D eigenvalue weighted by molar-refractivity contribution is -0.124. The van der Waals surface area contributed by atoms with Gasteiger partial charge in [0, 0.05) is 32.2 Å². The van der Waals surface area contributed by atoms with Gasteiger partial charge in [-0.3, -0.25) is 4.79 Å². The topological polar surface area (TPSA) is 32.3 Å². The van der Waals surface area contributed by atoms with Crippen molar-refractivity contribution in [1.82, 2.24) is 5.32 Å². The summed E-state index contributed by atoms with van der Waals surface area (Å²) in [5, 5.41) is 2.91. The van der Waals surface area contributed by atoms with Crippen LogP contribution in [-0.2, 0) is 11.3 Å². The number of hydrogen-bond acceptors (Lipinski definition) is 2. The average molecular weight is 220 g/mol. The molecule has 0 fully saturated rings. The van der Waals surface area contributed by atoms with Crippen LogP contribution in [0.4, 0.5) is 5.69 Å². The van der Waals surface area contributed by atoms with Gasteiger partial charge >= 0.3 is 0 Å². The minimum atomic E-state index is 0.0389. The van der Waals surface area contributed by atoms with Crippen molar-refractivity contribution in [3.8, 4) is 0 Å². The van der Waals surface area contributed by atoms with Gasteiger partial charge in [-0.25, -0.2) is 0 Å². The first-order valence-electron chi connectivity index (χ1n) is 5.54. The molecule has 16 heavy (non-hydrogen) atoms. The summed E-state index contributed by atoms with van der Waals surface area (Å²) < 4.78 is 0. The van der Waals surface area contributed by atoms with Gasteiger partial charge in [0.25, 0.3) is 0 Å². The fraction of sp³-hybridized carbons (Fsp3) is 0.462. The van der Waals surface area contributed by atoms with Gasteiger partial charge < -0.3 is 10.2 Å². The standard InChI is InChI=1S/C13H20N2O/c1-10(2)13(16)14-9-11-6-5-7-12(8-11)15(3)4/h5-8,10H,9H2,1-4H3,(H,14,16). The number of hydrogen-bond donors (Lipinski definition) is 1. The Balaban J connectivity index is 2.61. The Labute approximate surface area is 97.5 Å². The van der Waals surface area contributed by atoms with E-state index in [1.165, 1.54) is 0 Å². The van der Waals surface area contributed by atoms with Crippen molar-refractivity contribution in [1.29, 1.82) is 0 Å². The molecule has 0 aliphatic rings. The number of amides is 1. The van der Waals surface area contributed by atoms with Gasteiger partial charge in [0.1, 0.15) is 0 Å². The number of carbonyl (C=O) groups excluding carboxylic acids is 1. The van der Waals surface area contributed by atoms with Crippen LogP contribution < -0.4 is 10.2 Å². The maximum atomic E-state index is 11.4. The lowest BCUT2D eigenvalue weighted by Crippen LogP contribution is -2.27. The first kappa shape index (κ1) is 12.6. The van der Waals surface area contributed by atoms with Gasteiger partial charge in [-0.2, -0.15) is 0 Å². The molecule has 1 amide bonds. The van der Waals surface area contributed by atoms with Crippen LogP contribution in [0.3, 0.4) is 0 Å². The molecule has 0 heterocycles. The lowest BCUT2D eigenvalue weighted by atomic mass is 10.1. The number of nitrogens with one attached hydrogen (secondary N) is 1. The SMILES string of the molecule is CC(C)C(=O)NCc1cccc(N(C)C)c1. The van der Waals surface area contributed by atoms with Gasteiger partial charge in [-0.1, -0.05) is 26.0 Å². The van der Waals surface area contributed by atoms with Crippen LogP contribution in [-0.4, -0.2) is 20.0 Å². The molecule has 0 aromatic heterocycles. The molecule has 1 N–H and O–H groups in total. The van der Waals surface area contributed by atoms with Crippen LogP contribution in [0.5, 0.6) is 0 Å². The first-order valence-corrected chi connectivity index (χ1v) is 5.54. The summed E-state index contributed by atoms with van der Waals surface area (Å²) in [4.78, 5) is 13.5. The fourth-order valence-electron chi connectivity index (χ4n) is 1.34. The van der Waals surface area contributed by atoms with Crippen LogP contribution in [0.2, 0.25) is 0 Å². The van der Waals surface area contributed by atoms with E-state index in [2.05, 4.69) is 11.4 Å². The third-order valence-electron chi connectivity index (χ3n) is 2.42. The summed E-state index contributed by atoms with van der Waals surface area (Å²) in [6.07, 6.45) is 0. The maximum Gasteiger partial charge on any atom is 0.222 e. The highest BCUT2D eigenvalue weighted by molar-refractivity contribution is 5.77. The molecular weight excluding hydrogens is 200 g/mol. The van der Waals surface area contributed by atoms with E-state index in [9.17, 15) is 4.79 Å². The molecule has 1 aromatic rings. The molecule has 3 nitrogen and oxygen atoms in total. The van der Waals surface area contributed by atoms with Gasteiger partial charge in [0.2, 0.25) is 5.91 Å². The zero-order valence-corrected chi connectivity index (χ0v) is 10.4. The predicted molar refractivity (Wildman–Crippen MR) is 67.5 cm³/mol. The summed E-state index contributed by atoms with van der Waals surface area (Å²) in [5.74, 6) is 0.132. The minimum Gasteiger partial charge on any atom is -0.378 e. The molecule has 0 spiro atoms. The third-order valence-corrected chi connectivity index (χ3v) is 2.42. The minimum absolute atomic E-state index is 0.0389. The Morgan fingerprint density at radius 3 is 2.62 bits per heavy atom. The summed E-state index contributed by atoms with van der Waals surface area (Å²) >= 11 is 0. The van der Waals surface area contributed by atoms with Gasteiger partial charge in [-0.05, 0) is 17.7 Å². The van der Waals surface area contributed by atoms with Crippen molar-refractivity contribution in [3.63, 3.8) is 0 Å². The zero-order chi connectivity index (χ0) is 12.1. The second-order valence-electron chi connectivity index (χ2n) is 4.44. The first-order chi connectivity index (χ1) is 7.50. The highest BCUT2D eigenvalue weighted by atomic mass is 16.1. The van der Waals surface area contributed by atoms with E-state index in [1.54, 1.807) is 0 Å². The van der Waals surface area contributed by atoms with E-state index < -0.39 is 0 Å². The van der Waals surface area contributed by atoms with E-state index in [0.717, 1.165) is 11.3 Å². The molecule has 0 aliphatic heterocycles. The number of benzene rings is 1. The molecule has 0 atom stereocenters. The van der Waals surface area contributed by atoms with Gasteiger partial charge in [0.15, 0.2) is 0 Å². The molecule has 1 rings (SSSR count). The van der Waals surface area contributed by atoms with E-state index in [1.807, 2.05) is 51.0 Å². The van der Waals surface area contributed by atoms with Gasteiger partial charge in [-0.15, -0.1) is 0 Å². The number of rotatable bonds is 4. The van der Waals surface area contributed by atoms with E-state index in [4.69, 9.17) is 0 Å². The van der Waals surface area contributed by atoms with E-state index in [-0.39, 0.29) is 11.8 Å². The molecule has 0 saturated carbocycles. The smallest absolute Gasteiger partial charge is 0.222 e. The quantitative estimate of drug-likeness (QED) is 0.842. The summed E-state index contributed by atoms with van der Waals surface area (Å²) in [6, 6.07) is 8.16. The molecule has 0 bridgehead atoms. The van der Waals surface area contributed by atoms with Crippen LogP contribution >= 0.6 is 0 Å². The number of anilines is 1. The second kappa shape index (κ2) is 5.54. The van der Waals surface area contributed by atoms with Crippen LogP contribution in [0.15, 0.2) is 24.3 Å². The van der Waals surface area contributed by atoms with Crippen molar-refractivity contribution in [2.45, 2.75) is 20.4 Å². The molecule has 0 radical (unpaired) electrons. The molecular formula is C13H20N2O. The van der Waals surface area contributed by atoms with Crippen molar-refractivity contribution < 1.29 is 4.79 Å². The van der Waals surface area contributed by atoms with Crippen molar-refractivity contribution in [2.24, 2.45) is 5.92 Å². The fourth-order valence-corrected chi connectivity index (χ4v) is 1.34. The highest BCUT2D eigenvalue weighted by Crippen LogP contribution is 2.13. The summed E-state index contributed by atoms with van der Waals surface area (Å²) in [7, 11) is 4.01. The van der Waals surface area contributed by atoms with Crippen LogP contribution in [0.25, 0.3) is 0 Å². The second-order valence-corrected chi connectivity index (χ2v) is 4.44. The third kappa shape index (κ3) is 3.57. The predicted octanol–water partition coefficient (Wildman–Crippen LogP) is 2.02. The lowest BCUT2D eigenvalue weighted by Gasteiger charge is -2.14. The van der Waals surface area contributed by atoms with Gasteiger partial charge in [0.05, 0.1) is 0 Å². The molecule has 3 heteroatoms. The Kier molecular flexibility index (Phi) is 4.35. The maximum absolute atomic E-state index is 11.4. The molecule has 88 valence electrons. The molecule has 0 saturated heterocycles. The highest BCUT2D eigenvalue weighted by Gasteiger charge is 2.06. The Hall–Kier alpha value is -1.51. The molecule has 1 aromatic carbocycles. The Morgan fingerprint density at radius 1 is 1.38 bits per heavy atom. The molecule has 0 unspecified atom stereocenters. The van der Waals surface area contributed by atoms with Crippen molar-refractivity contribution >= 4 is 11.6 Å². The van der Waals surface area contributed by atoms with Crippen molar-refractivity contribution in [2.75, 3.05) is 19.0 Å². The normalized spacial score (nSPS) is 10.3.